The van der Waals surface area contributed by atoms with Crippen molar-refractivity contribution in [3.8, 4) is 0 Å². The molecule has 0 spiro atoms. The van der Waals surface area contributed by atoms with Crippen LogP contribution in [-0.4, -0.2) is 50.2 Å². The minimum Gasteiger partial charge on any atom is -0.378 e. The second-order valence-corrected chi connectivity index (χ2v) is 4.81. The van der Waals surface area contributed by atoms with Gasteiger partial charge in [0.25, 0.3) is 0 Å². The summed E-state index contributed by atoms with van der Waals surface area (Å²) < 4.78 is 18.4. The van der Waals surface area contributed by atoms with Crippen LogP contribution in [0.25, 0.3) is 0 Å². The summed E-state index contributed by atoms with van der Waals surface area (Å²) in [6, 6.07) is 6.33. The van der Waals surface area contributed by atoms with Crippen molar-refractivity contribution in [3.05, 3.63) is 35.6 Å². The Hall–Kier alpha value is -1.46. The summed E-state index contributed by atoms with van der Waals surface area (Å²) in [7, 11) is 1.76. The van der Waals surface area contributed by atoms with Crippen molar-refractivity contribution in [3.63, 3.8) is 0 Å². The molecule has 2 rings (SSSR count). The molecular formula is C14H19FN2O2. The largest absolute Gasteiger partial charge is 0.378 e. The van der Waals surface area contributed by atoms with Gasteiger partial charge in [-0.1, -0.05) is 12.1 Å². The molecule has 1 fully saturated rings. The quantitative estimate of drug-likeness (QED) is 0.877. The number of carbonyl (C=O) groups excluding carboxylic acids is 1. The molecule has 1 amide bonds. The van der Waals surface area contributed by atoms with E-state index < -0.39 is 0 Å². The third-order valence-corrected chi connectivity index (χ3v) is 3.16. The average molecular weight is 266 g/mol. The number of rotatable bonds is 4. The molecule has 0 bridgehead atoms. The average Bonchev–Trinajstić information content (AvgIpc) is 2.40. The number of hydrogen-bond acceptors (Lipinski definition) is 3. The van der Waals surface area contributed by atoms with E-state index in [-0.39, 0.29) is 24.2 Å². The summed E-state index contributed by atoms with van der Waals surface area (Å²) in [6.45, 7) is 2.76. The lowest BCUT2D eigenvalue weighted by Crippen LogP contribution is -2.49. The maximum Gasteiger partial charge on any atom is 0.226 e. The summed E-state index contributed by atoms with van der Waals surface area (Å²) in [5.41, 5.74) is 0.699. The van der Waals surface area contributed by atoms with Gasteiger partial charge in [0.05, 0.1) is 19.6 Å². The normalized spacial score (nSPS) is 19.2. The summed E-state index contributed by atoms with van der Waals surface area (Å²) >= 11 is 0. The van der Waals surface area contributed by atoms with Crippen LogP contribution < -0.4 is 5.32 Å². The van der Waals surface area contributed by atoms with Crippen molar-refractivity contribution in [2.24, 2.45) is 0 Å². The number of halogens is 1. The lowest BCUT2D eigenvalue weighted by Gasteiger charge is -2.28. The smallest absolute Gasteiger partial charge is 0.226 e. The van der Waals surface area contributed by atoms with Crippen molar-refractivity contribution >= 4 is 5.91 Å². The van der Waals surface area contributed by atoms with Gasteiger partial charge in [-0.3, -0.25) is 4.79 Å². The van der Waals surface area contributed by atoms with E-state index in [1.54, 1.807) is 24.1 Å². The summed E-state index contributed by atoms with van der Waals surface area (Å²) in [4.78, 5) is 13.7. The predicted octanol–water partition coefficient (Wildman–Crippen LogP) is 0.815. The number of nitrogens with zero attached hydrogens (tertiary/aromatic N) is 1. The van der Waals surface area contributed by atoms with Gasteiger partial charge in [0.1, 0.15) is 5.82 Å². The molecule has 1 N–H and O–H groups in total. The number of hydrogen-bond donors (Lipinski definition) is 1. The standard InChI is InChI=1S/C14H19FN2O2/c1-17(9-13-10-19-6-5-16-13)14(18)8-11-3-2-4-12(15)7-11/h2-4,7,13,16H,5-6,8-10H2,1H3. The van der Waals surface area contributed by atoms with Crippen LogP contribution in [0.3, 0.4) is 0 Å². The topological polar surface area (TPSA) is 41.6 Å². The Morgan fingerprint density at radius 1 is 1.58 bits per heavy atom. The Morgan fingerprint density at radius 2 is 2.42 bits per heavy atom. The van der Waals surface area contributed by atoms with Gasteiger partial charge in [-0.05, 0) is 17.7 Å². The number of carbonyl (C=O) groups is 1. The molecule has 0 radical (unpaired) electrons. The Balaban J connectivity index is 1.84. The van der Waals surface area contributed by atoms with Crippen LogP contribution in [0, 0.1) is 5.82 Å². The van der Waals surface area contributed by atoms with Crippen LogP contribution in [0.1, 0.15) is 5.56 Å². The molecule has 1 saturated heterocycles. The van der Waals surface area contributed by atoms with Crippen LogP contribution >= 0.6 is 0 Å². The summed E-state index contributed by atoms with van der Waals surface area (Å²) in [5, 5.41) is 3.30. The van der Waals surface area contributed by atoms with Crippen LogP contribution in [-0.2, 0) is 16.0 Å². The number of morpholine rings is 1. The number of benzene rings is 1. The molecule has 4 nitrogen and oxygen atoms in total. The highest BCUT2D eigenvalue weighted by Crippen LogP contribution is 2.06. The maximum absolute atomic E-state index is 13.0. The third-order valence-electron chi connectivity index (χ3n) is 3.16. The summed E-state index contributed by atoms with van der Waals surface area (Å²) in [5.74, 6) is -0.326. The Morgan fingerprint density at radius 3 is 3.11 bits per heavy atom. The van der Waals surface area contributed by atoms with Crippen molar-refractivity contribution in [2.45, 2.75) is 12.5 Å². The second kappa shape index (κ2) is 6.63. The summed E-state index contributed by atoms with van der Waals surface area (Å²) in [6.07, 6.45) is 0.224. The molecule has 1 aliphatic heterocycles. The number of likely N-dealkylation sites (N-methyl/N-ethyl adjacent to an activating group) is 1. The number of amides is 1. The highest BCUT2D eigenvalue weighted by molar-refractivity contribution is 5.78. The number of ether oxygens (including phenoxy) is 1. The van der Waals surface area contributed by atoms with Gasteiger partial charge in [-0.15, -0.1) is 0 Å². The van der Waals surface area contributed by atoms with Crippen LogP contribution in [0.5, 0.6) is 0 Å². The zero-order valence-corrected chi connectivity index (χ0v) is 11.1. The molecule has 0 aliphatic carbocycles. The predicted molar refractivity (Wildman–Crippen MR) is 70.4 cm³/mol. The third kappa shape index (κ3) is 4.29. The molecule has 1 heterocycles. The van der Waals surface area contributed by atoms with Crippen molar-refractivity contribution in [1.29, 1.82) is 0 Å². The van der Waals surface area contributed by atoms with E-state index in [2.05, 4.69) is 5.32 Å². The van der Waals surface area contributed by atoms with Gasteiger partial charge in [0.15, 0.2) is 0 Å². The SMILES string of the molecule is CN(CC1COCCN1)C(=O)Cc1cccc(F)c1. The highest BCUT2D eigenvalue weighted by atomic mass is 19.1. The van der Waals surface area contributed by atoms with Crippen LogP contribution in [0.15, 0.2) is 24.3 Å². The van der Waals surface area contributed by atoms with Crippen LogP contribution in [0.2, 0.25) is 0 Å². The molecule has 1 aromatic carbocycles. The first-order valence-corrected chi connectivity index (χ1v) is 6.44. The van der Waals surface area contributed by atoms with Crippen molar-refractivity contribution in [1.82, 2.24) is 10.2 Å². The number of nitrogens with one attached hydrogen (secondary N) is 1. The monoisotopic (exact) mass is 266 g/mol. The molecule has 5 heteroatoms. The Bertz CT molecular complexity index is 433. The fourth-order valence-corrected chi connectivity index (χ4v) is 2.13. The van der Waals surface area contributed by atoms with E-state index >= 15 is 0 Å². The van der Waals surface area contributed by atoms with E-state index in [0.717, 1.165) is 13.2 Å². The van der Waals surface area contributed by atoms with Gasteiger partial charge in [-0.25, -0.2) is 4.39 Å². The fraction of sp³-hybridized carbons (Fsp3) is 0.500. The van der Waals surface area contributed by atoms with Crippen LogP contribution in [0.4, 0.5) is 4.39 Å². The fourth-order valence-electron chi connectivity index (χ4n) is 2.13. The lowest BCUT2D eigenvalue weighted by atomic mass is 10.1. The zero-order chi connectivity index (χ0) is 13.7. The molecule has 0 aromatic heterocycles. The first kappa shape index (κ1) is 14.0. The van der Waals surface area contributed by atoms with Gasteiger partial charge in [0, 0.05) is 26.2 Å². The van der Waals surface area contributed by atoms with E-state index in [0.29, 0.717) is 18.7 Å². The molecule has 1 atom stereocenters. The molecule has 19 heavy (non-hydrogen) atoms. The first-order valence-electron chi connectivity index (χ1n) is 6.44. The lowest BCUT2D eigenvalue weighted by molar-refractivity contribution is -0.129. The Labute approximate surface area is 112 Å². The molecule has 1 aliphatic rings. The van der Waals surface area contributed by atoms with Gasteiger partial charge < -0.3 is 15.0 Å². The molecular weight excluding hydrogens is 247 g/mol. The minimum atomic E-state index is -0.310. The molecule has 1 aromatic rings. The molecule has 0 saturated carbocycles. The maximum atomic E-state index is 13.0. The van der Waals surface area contributed by atoms with E-state index in [1.165, 1.54) is 12.1 Å². The van der Waals surface area contributed by atoms with Crippen molar-refractivity contribution < 1.29 is 13.9 Å². The minimum absolute atomic E-state index is 0.0158. The molecule has 1 unspecified atom stereocenters. The zero-order valence-electron chi connectivity index (χ0n) is 11.1. The van der Waals surface area contributed by atoms with E-state index in [4.69, 9.17) is 4.74 Å². The first-order chi connectivity index (χ1) is 9.15. The van der Waals surface area contributed by atoms with Gasteiger partial charge in [-0.2, -0.15) is 0 Å². The van der Waals surface area contributed by atoms with E-state index in [9.17, 15) is 9.18 Å². The molecule has 104 valence electrons. The van der Waals surface area contributed by atoms with Gasteiger partial charge >= 0.3 is 0 Å². The Kier molecular flexibility index (Phi) is 4.87. The van der Waals surface area contributed by atoms with Crippen molar-refractivity contribution in [2.75, 3.05) is 33.4 Å². The van der Waals surface area contributed by atoms with E-state index in [1.807, 2.05) is 0 Å². The highest BCUT2D eigenvalue weighted by Gasteiger charge is 2.18. The second-order valence-electron chi connectivity index (χ2n) is 4.81. The van der Waals surface area contributed by atoms with Gasteiger partial charge in [0.2, 0.25) is 5.91 Å².